The Bertz CT molecular complexity index is 871. The zero-order valence-corrected chi connectivity index (χ0v) is 15.3. The number of fused-ring (bicyclic) bond motifs is 1. The van der Waals surface area contributed by atoms with E-state index in [2.05, 4.69) is 27.0 Å². The van der Waals surface area contributed by atoms with Crippen LogP contribution in [-0.2, 0) is 6.54 Å². The summed E-state index contributed by atoms with van der Waals surface area (Å²) in [5.74, 6) is 2.02. The van der Waals surface area contributed by atoms with Crippen LogP contribution < -0.4 is 4.90 Å². The predicted molar refractivity (Wildman–Crippen MR) is 102 cm³/mol. The van der Waals surface area contributed by atoms with Gasteiger partial charge in [0.2, 0.25) is 0 Å². The fraction of sp³-hybridized carbons (Fsp3) is 0.368. The summed E-state index contributed by atoms with van der Waals surface area (Å²) in [6, 6.07) is 10.4. The maximum atomic E-state index is 6.09. The van der Waals surface area contributed by atoms with Gasteiger partial charge >= 0.3 is 0 Å². The van der Waals surface area contributed by atoms with Crippen molar-refractivity contribution in [2.75, 3.05) is 25.5 Å². The van der Waals surface area contributed by atoms with Gasteiger partial charge in [-0.05, 0) is 49.2 Å². The van der Waals surface area contributed by atoms with Gasteiger partial charge in [-0.2, -0.15) is 0 Å². The number of aromatic amines is 1. The molecule has 6 heteroatoms. The third kappa shape index (κ3) is 3.34. The Morgan fingerprint density at radius 2 is 2.16 bits per heavy atom. The van der Waals surface area contributed by atoms with Gasteiger partial charge < -0.3 is 9.88 Å². The Balaban J connectivity index is 1.55. The first-order valence-corrected chi connectivity index (χ1v) is 8.99. The smallest absolute Gasteiger partial charge is 0.127 e. The zero-order valence-electron chi connectivity index (χ0n) is 14.5. The van der Waals surface area contributed by atoms with Gasteiger partial charge in [-0.3, -0.25) is 4.90 Å². The second kappa shape index (κ2) is 6.65. The van der Waals surface area contributed by atoms with E-state index in [4.69, 9.17) is 16.6 Å². The normalized spacial score (nSPS) is 18.1. The fourth-order valence-electron chi connectivity index (χ4n) is 3.49. The molecule has 0 bridgehead atoms. The number of imidazole rings is 1. The molecule has 3 aromatic rings. The second-order valence-electron chi connectivity index (χ2n) is 6.83. The molecule has 0 spiro atoms. The average molecular weight is 356 g/mol. The summed E-state index contributed by atoms with van der Waals surface area (Å²) >= 11 is 6.09. The molecule has 0 amide bonds. The Labute approximate surface area is 152 Å². The van der Waals surface area contributed by atoms with Crippen molar-refractivity contribution in [3.8, 4) is 0 Å². The highest BCUT2D eigenvalue weighted by molar-refractivity contribution is 6.31. The van der Waals surface area contributed by atoms with Crippen LogP contribution in [0.25, 0.3) is 11.0 Å². The van der Waals surface area contributed by atoms with Crippen LogP contribution in [0.3, 0.4) is 0 Å². The highest BCUT2D eigenvalue weighted by Crippen LogP contribution is 2.33. The second-order valence-corrected chi connectivity index (χ2v) is 7.27. The topological polar surface area (TPSA) is 48.0 Å². The molecular formula is C19H22ClN5. The van der Waals surface area contributed by atoms with Gasteiger partial charge in [-0.15, -0.1) is 0 Å². The van der Waals surface area contributed by atoms with Gasteiger partial charge in [0.1, 0.15) is 11.6 Å². The first-order chi connectivity index (χ1) is 12.1. The molecule has 1 fully saturated rings. The SMILES string of the molecule is CN(C)c1ccc(CN2CCC[C@@H]2c2nc3ccc(Cl)cc3[nH]2)cn1. The lowest BCUT2D eigenvalue weighted by molar-refractivity contribution is 0.241. The van der Waals surface area contributed by atoms with Crippen LogP contribution in [0.2, 0.25) is 5.02 Å². The van der Waals surface area contributed by atoms with Gasteiger partial charge in [0.25, 0.3) is 0 Å². The Morgan fingerprint density at radius 1 is 1.28 bits per heavy atom. The molecule has 3 heterocycles. The Morgan fingerprint density at radius 3 is 2.92 bits per heavy atom. The largest absolute Gasteiger partial charge is 0.363 e. The molecule has 1 N–H and O–H groups in total. The number of likely N-dealkylation sites (tertiary alicyclic amines) is 1. The molecule has 1 saturated heterocycles. The number of halogens is 1. The van der Waals surface area contributed by atoms with Gasteiger partial charge in [0.05, 0.1) is 17.1 Å². The third-order valence-corrected chi connectivity index (χ3v) is 5.03. The van der Waals surface area contributed by atoms with E-state index < -0.39 is 0 Å². The van der Waals surface area contributed by atoms with Crippen molar-refractivity contribution >= 4 is 28.5 Å². The summed E-state index contributed by atoms with van der Waals surface area (Å²) in [5, 5.41) is 0.734. The molecule has 0 saturated carbocycles. The van der Waals surface area contributed by atoms with E-state index in [9.17, 15) is 0 Å². The van der Waals surface area contributed by atoms with E-state index >= 15 is 0 Å². The predicted octanol–water partition coefficient (Wildman–Crippen LogP) is 4.01. The quantitative estimate of drug-likeness (QED) is 0.768. The molecule has 25 heavy (non-hydrogen) atoms. The fourth-order valence-corrected chi connectivity index (χ4v) is 3.67. The van der Waals surface area contributed by atoms with Crippen molar-refractivity contribution in [1.82, 2.24) is 19.9 Å². The number of rotatable bonds is 4. The van der Waals surface area contributed by atoms with Crippen molar-refractivity contribution < 1.29 is 0 Å². The van der Waals surface area contributed by atoms with Crippen molar-refractivity contribution in [2.24, 2.45) is 0 Å². The third-order valence-electron chi connectivity index (χ3n) is 4.79. The lowest BCUT2D eigenvalue weighted by Crippen LogP contribution is -2.23. The van der Waals surface area contributed by atoms with Crippen LogP contribution in [0.1, 0.15) is 30.3 Å². The number of nitrogens with one attached hydrogen (secondary N) is 1. The summed E-state index contributed by atoms with van der Waals surface area (Å²) < 4.78 is 0. The highest BCUT2D eigenvalue weighted by atomic mass is 35.5. The molecule has 1 aromatic carbocycles. The Kier molecular flexibility index (Phi) is 4.36. The van der Waals surface area contributed by atoms with E-state index in [1.807, 2.05) is 43.4 Å². The summed E-state index contributed by atoms with van der Waals surface area (Å²) in [4.78, 5) is 17.3. The van der Waals surface area contributed by atoms with Crippen LogP contribution >= 0.6 is 11.6 Å². The Hall–Kier alpha value is -2.11. The standard InChI is InChI=1S/C19H22ClN5/c1-24(2)18-8-5-13(11-21-18)12-25-9-3-4-17(25)19-22-15-7-6-14(20)10-16(15)23-19/h5-8,10-11,17H,3-4,9,12H2,1-2H3,(H,22,23)/t17-/m1/s1. The van der Waals surface area contributed by atoms with Crippen LogP contribution in [0.5, 0.6) is 0 Å². The summed E-state index contributed by atoms with van der Waals surface area (Å²) in [6.45, 7) is 1.97. The van der Waals surface area contributed by atoms with Crippen molar-refractivity contribution in [3.05, 3.63) is 52.9 Å². The first-order valence-electron chi connectivity index (χ1n) is 8.61. The van der Waals surface area contributed by atoms with Crippen LogP contribution in [0.15, 0.2) is 36.5 Å². The molecule has 4 rings (SSSR count). The number of anilines is 1. The average Bonchev–Trinajstić information content (AvgIpc) is 3.21. The maximum absolute atomic E-state index is 6.09. The molecule has 5 nitrogen and oxygen atoms in total. The maximum Gasteiger partial charge on any atom is 0.127 e. The number of benzene rings is 1. The van der Waals surface area contributed by atoms with Crippen LogP contribution in [0.4, 0.5) is 5.82 Å². The minimum atomic E-state index is 0.319. The minimum Gasteiger partial charge on any atom is -0.363 e. The lowest BCUT2D eigenvalue weighted by Gasteiger charge is -2.23. The zero-order chi connectivity index (χ0) is 17.4. The van der Waals surface area contributed by atoms with Crippen LogP contribution in [0, 0.1) is 0 Å². The lowest BCUT2D eigenvalue weighted by atomic mass is 10.2. The highest BCUT2D eigenvalue weighted by Gasteiger charge is 2.28. The monoisotopic (exact) mass is 355 g/mol. The number of aromatic nitrogens is 3. The van der Waals surface area contributed by atoms with Crippen molar-refractivity contribution in [3.63, 3.8) is 0 Å². The molecule has 1 atom stereocenters. The van der Waals surface area contributed by atoms with E-state index in [1.165, 1.54) is 12.0 Å². The van der Waals surface area contributed by atoms with Gasteiger partial charge in [0, 0.05) is 31.9 Å². The molecular weight excluding hydrogens is 334 g/mol. The molecule has 2 aromatic heterocycles. The number of nitrogens with zero attached hydrogens (tertiary/aromatic N) is 4. The summed E-state index contributed by atoms with van der Waals surface area (Å²) in [5.41, 5.74) is 3.21. The van der Waals surface area contributed by atoms with Gasteiger partial charge in [0.15, 0.2) is 0 Å². The first kappa shape index (κ1) is 16.4. The van der Waals surface area contributed by atoms with E-state index in [1.54, 1.807) is 0 Å². The number of H-pyrrole nitrogens is 1. The summed E-state index contributed by atoms with van der Waals surface area (Å²) in [7, 11) is 4.01. The molecule has 0 unspecified atom stereocenters. The van der Waals surface area contributed by atoms with Crippen LogP contribution in [-0.4, -0.2) is 40.5 Å². The van der Waals surface area contributed by atoms with E-state index in [0.717, 1.165) is 47.2 Å². The van der Waals surface area contributed by atoms with E-state index in [-0.39, 0.29) is 0 Å². The van der Waals surface area contributed by atoms with Crippen molar-refractivity contribution in [1.29, 1.82) is 0 Å². The molecule has 1 aliphatic heterocycles. The molecule has 130 valence electrons. The van der Waals surface area contributed by atoms with E-state index in [0.29, 0.717) is 6.04 Å². The molecule has 0 aliphatic carbocycles. The minimum absolute atomic E-state index is 0.319. The number of hydrogen-bond donors (Lipinski definition) is 1. The molecule has 1 aliphatic rings. The number of hydrogen-bond acceptors (Lipinski definition) is 4. The van der Waals surface area contributed by atoms with Crippen molar-refractivity contribution in [2.45, 2.75) is 25.4 Å². The van der Waals surface area contributed by atoms with Gasteiger partial charge in [-0.25, -0.2) is 9.97 Å². The molecule has 0 radical (unpaired) electrons. The summed E-state index contributed by atoms with van der Waals surface area (Å²) in [6.07, 6.45) is 4.28. The number of pyridine rings is 1. The van der Waals surface area contributed by atoms with Gasteiger partial charge in [-0.1, -0.05) is 17.7 Å².